The molecular formula is C19H19FN3O2S. The van der Waals surface area contributed by atoms with E-state index in [2.05, 4.69) is 6.07 Å². The molecule has 1 saturated heterocycles. The largest absolute Gasteiger partial charge is 0.369 e. The molecule has 0 atom stereocenters. The van der Waals surface area contributed by atoms with E-state index in [1.165, 1.54) is 16.4 Å². The number of aryl methyl sites for hydroxylation is 1. The van der Waals surface area contributed by atoms with Crippen molar-refractivity contribution >= 4 is 26.6 Å². The molecule has 5 nitrogen and oxygen atoms in total. The van der Waals surface area contributed by atoms with Crippen molar-refractivity contribution in [3.8, 4) is 0 Å². The van der Waals surface area contributed by atoms with E-state index >= 15 is 0 Å². The summed E-state index contributed by atoms with van der Waals surface area (Å²) in [6.45, 7) is 1.76. The second-order valence-corrected chi connectivity index (χ2v) is 8.39. The van der Waals surface area contributed by atoms with Crippen molar-refractivity contribution in [1.29, 1.82) is 0 Å². The van der Waals surface area contributed by atoms with E-state index in [-0.39, 0.29) is 5.82 Å². The molecule has 3 aromatic rings. The molecule has 0 bridgehead atoms. The van der Waals surface area contributed by atoms with E-state index in [1.807, 2.05) is 34.8 Å². The van der Waals surface area contributed by atoms with Crippen molar-refractivity contribution in [2.75, 3.05) is 31.1 Å². The van der Waals surface area contributed by atoms with Crippen molar-refractivity contribution in [3.63, 3.8) is 0 Å². The summed E-state index contributed by atoms with van der Waals surface area (Å²) in [6, 6.07) is 14.4. The molecule has 7 heteroatoms. The van der Waals surface area contributed by atoms with Crippen LogP contribution in [0.15, 0.2) is 53.6 Å². The number of hydrogen-bond acceptors (Lipinski definition) is 3. The van der Waals surface area contributed by atoms with Crippen molar-refractivity contribution in [3.05, 3.63) is 60.5 Å². The van der Waals surface area contributed by atoms with Crippen LogP contribution in [-0.4, -0.2) is 43.5 Å². The highest BCUT2D eigenvalue weighted by molar-refractivity contribution is 7.89. The highest BCUT2D eigenvalue weighted by Gasteiger charge is 2.29. The molecule has 2 heterocycles. The van der Waals surface area contributed by atoms with Gasteiger partial charge in [0.1, 0.15) is 5.82 Å². The monoisotopic (exact) mass is 372 g/mol. The Kier molecular flexibility index (Phi) is 4.20. The van der Waals surface area contributed by atoms with Gasteiger partial charge in [0.15, 0.2) is 0 Å². The minimum Gasteiger partial charge on any atom is -0.369 e. The maximum atomic E-state index is 13.4. The van der Waals surface area contributed by atoms with Gasteiger partial charge in [-0.3, -0.25) is 0 Å². The van der Waals surface area contributed by atoms with E-state index in [4.69, 9.17) is 0 Å². The Morgan fingerprint density at radius 2 is 1.81 bits per heavy atom. The van der Waals surface area contributed by atoms with Gasteiger partial charge in [-0.15, -0.1) is 0 Å². The number of piperazine rings is 1. The van der Waals surface area contributed by atoms with Crippen LogP contribution in [0.4, 0.5) is 10.1 Å². The van der Waals surface area contributed by atoms with Crippen LogP contribution in [0, 0.1) is 11.9 Å². The van der Waals surface area contributed by atoms with E-state index in [0.717, 1.165) is 16.6 Å². The van der Waals surface area contributed by atoms with Crippen LogP contribution in [0.25, 0.3) is 10.9 Å². The van der Waals surface area contributed by atoms with Gasteiger partial charge in [-0.05, 0) is 47.9 Å². The first-order valence-corrected chi connectivity index (χ1v) is 9.86. The van der Waals surface area contributed by atoms with Crippen molar-refractivity contribution in [2.24, 2.45) is 7.05 Å². The second kappa shape index (κ2) is 6.41. The molecular weight excluding hydrogens is 353 g/mol. The Bertz CT molecular complexity index is 1050. The minimum atomic E-state index is -3.55. The lowest BCUT2D eigenvalue weighted by Gasteiger charge is -2.35. The third-order valence-corrected chi connectivity index (χ3v) is 6.73. The Morgan fingerprint density at radius 1 is 1.04 bits per heavy atom. The molecule has 0 amide bonds. The lowest BCUT2D eigenvalue weighted by molar-refractivity contribution is 0.384. The molecule has 0 aliphatic carbocycles. The Morgan fingerprint density at radius 3 is 2.54 bits per heavy atom. The van der Waals surface area contributed by atoms with Crippen LogP contribution in [-0.2, 0) is 17.1 Å². The van der Waals surface area contributed by atoms with Gasteiger partial charge >= 0.3 is 0 Å². The molecule has 1 radical (unpaired) electrons. The van der Waals surface area contributed by atoms with E-state index in [9.17, 15) is 12.8 Å². The molecule has 1 aromatic heterocycles. The van der Waals surface area contributed by atoms with Crippen molar-refractivity contribution < 1.29 is 12.8 Å². The number of aromatic nitrogens is 1. The summed E-state index contributed by atoms with van der Waals surface area (Å²) in [6.07, 6.45) is 1.91. The van der Waals surface area contributed by atoms with Crippen LogP contribution in [0.1, 0.15) is 0 Å². The fraction of sp³-hybridized carbons (Fsp3) is 0.263. The maximum Gasteiger partial charge on any atom is 0.243 e. The Hall–Kier alpha value is -2.38. The number of fused-ring (bicyclic) bond motifs is 1. The average Bonchev–Trinajstić information content (AvgIpc) is 3.02. The standard InChI is InChI=1S/C19H19FN3O2S/c1-21-8-7-15-5-6-18(14-19(15)21)26(24,25)23-11-9-22(10-12-23)17-4-2-3-16(20)13-17/h3-8,13-14H,9-12H2,1H3. The second-order valence-electron chi connectivity index (χ2n) is 6.45. The van der Waals surface area contributed by atoms with Crippen LogP contribution >= 0.6 is 0 Å². The van der Waals surface area contributed by atoms with Crippen LogP contribution in [0.3, 0.4) is 0 Å². The first-order chi connectivity index (χ1) is 12.4. The molecule has 135 valence electrons. The fourth-order valence-electron chi connectivity index (χ4n) is 3.35. The Balaban J connectivity index is 1.54. The molecule has 0 saturated carbocycles. The zero-order chi connectivity index (χ0) is 18.3. The average molecular weight is 372 g/mol. The predicted molar refractivity (Wildman–Crippen MR) is 99.1 cm³/mol. The van der Waals surface area contributed by atoms with Gasteiger partial charge in [-0.25, -0.2) is 12.8 Å². The molecule has 0 unspecified atom stereocenters. The van der Waals surface area contributed by atoms with Crippen molar-refractivity contribution in [2.45, 2.75) is 4.90 Å². The van der Waals surface area contributed by atoms with Crippen LogP contribution < -0.4 is 4.90 Å². The summed E-state index contributed by atoms with van der Waals surface area (Å²) in [5.41, 5.74) is 1.62. The zero-order valence-electron chi connectivity index (χ0n) is 14.4. The number of halogens is 1. The summed E-state index contributed by atoms with van der Waals surface area (Å²) in [5.74, 6) is -0.339. The highest BCUT2D eigenvalue weighted by Crippen LogP contribution is 2.24. The highest BCUT2D eigenvalue weighted by atomic mass is 32.2. The third kappa shape index (κ3) is 2.97. The minimum absolute atomic E-state index is 0.305. The molecule has 26 heavy (non-hydrogen) atoms. The SMILES string of the molecule is Cn1ccc2ccc(S(=O)(=O)N3CCN(c4c[c]cc(F)c4)CC3)cc21. The lowest BCUT2D eigenvalue weighted by atomic mass is 10.2. The van der Waals surface area contributed by atoms with Gasteiger partial charge in [0.25, 0.3) is 0 Å². The first-order valence-electron chi connectivity index (χ1n) is 8.42. The van der Waals surface area contributed by atoms with Gasteiger partial charge in [-0.2, -0.15) is 4.31 Å². The Labute approximate surface area is 152 Å². The molecule has 1 aliphatic rings. The molecule has 2 aromatic carbocycles. The van der Waals surface area contributed by atoms with E-state index in [0.29, 0.717) is 31.1 Å². The number of sulfonamides is 1. The topological polar surface area (TPSA) is 45.6 Å². The zero-order valence-corrected chi connectivity index (χ0v) is 15.2. The molecule has 0 N–H and O–H groups in total. The molecule has 4 rings (SSSR count). The van der Waals surface area contributed by atoms with Gasteiger partial charge in [-0.1, -0.05) is 6.07 Å². The number of hydrogen-bond donors (Lipinski definition) is 0. The summed E-state index contributed by atoms with van der Waals surface area (Å²) in [7, 11) is -1.65. The molecule has 1 aliphatic heterocycles. The summed E-state index contributed by atoms with van der Waals surface area (Å²) < 4.78 is 42.8. The lowest BCUT2D eigenvalue weighted by Crippen LogP contribution is -2.48. The third-order valence-electron chi connectivity index (χ3n) is 4.84. The first kappa shape index (κ1) is 17.1. The quantitative estimate of drug-likeness (QED) is 0.710. The van der Waals surface area contributed by atoms with Crippen LogP contribution in [0.5, 0.6) is 0 Å². The smallest absolute Gasteiger partial charge is 0.243 e. The normalized spacial score (nSPS) is 16.3. The van der Waals surface area contributed by atoms with E-state index in [1.54, 1.807) is 18.2 Å². The molecule has 1 fully saturated rings. The van der Waals surface area contributed by atoms with Crippen LogP contribution in [0.2, 0.25) is 0 Å². The fourth-order valence-corrected chi connectivity index (χ4v) is 4.80. The number of nitrogens with zero attached hydrogens (tertiary/aromatic N) is 3. The summed E-state index contributed by atoms with van der Waals surface area (Å²) in [4.78, 5) is 2.28. The van der Waals surface area contributed by atoms with Gasteiger partial charge < -0.3 is 9.47 Å². The summed E-state index contributed by atoms with van der Waals surface area (Å²) in [5, 5.41) is 1.01. The van der Waals surface area contributed by atoms with Gasteiger partial charge in [0, 0.05) is 50.6 Å². The maximum absolute atomic E-state index is 13.4. The number of anilines is 1. The molecule has 0 spiro atoms. The number of rotatable bonds is 3. The van der Waals surface area contributed by atoms with Crippen molar-refractivity contribution in [1.82, 2.24) is 8.87 Å². The van der Waals surface area contributed by atoms with E-state index < -0.39 is 10.0 Å². The number of benzene rings is 2. The van der Waals surface area contributed by atoms with Gasteiger partial charge in [0.05, 0.1) is 4.90 Å². The summed E-state index contributed by atoms with van der Waals surface area (Å²) >= 11 is 0. The predicted octanol–water partition coefficient (Wildman–Crippen LogP) is 2.63. The van der Waals surface area contributed by atoms with Gasteiger partial charge in [0.2, 0.25) is 10.0 Å².